The smallest absolute Gasteiger partial charge is 0.126 e. The van der Waals surface area contributed by atoms with Crippen molar-refractivity contribution in [3.05, 3.63) is 23.9 Å². The van der Waals surface area contributed by atoms with Gasteiger partial charge in [0.05, 0.1) is 5.69 Å². The summed E-state index contributed by atoms with van der Waals surface area (Å²) in [5.74, 6) is 2.64. The monoisotopic (exact) mass is 277 g/mol. The Kier molecular flexibility index (Phi) is 5.14. The van der Waals surface area contributed by atoms with Gasteiger partial charge in [0.25, 0.3) is 0 Å². The number of anilines is 1. The van der Waals surface area contributed by atoms with Crippen molar-refractivity contribution in [1.29, 1.82) is 0 Å². The molecule has 0 spiro atoms. The number of hydrogen-bond acceptors (Lipinski definition) is 3. The molecule has 1 aliphatic rings. The van der Waals surface area contributed by atoms with Crippen molar-refractivity contribution in [3.8, 4) is 0 Å². The summed E-state index contributed by atoms with van der Waals surface area (Å²) in [5, 5.41) is 3.38. The molecule has 3 N–H and O–H groups in total. The molecule has 1 fully saturated rings. The molecule has 1 heterocycles. The molecule has 2 rings (SSSR count). The molecule has 1 aliphatic carbocycles. The highest BCUT2D eigenvalue weighted by molar-refractivity contribution is 7.80. The molecule has 4 heteroatoms. The first kappa shape index (κ1) is 14.3. The van der Waals surface area contributed by atoms with Gasteiger partial charge in [0.2, 0.25) is 0 Å². The second-order valence-corrected chi connectivity index (χ2v) is 6.07. The van der Waals surface area contributed by atoms with Crippen LogP contribution in [0.4, 0.5) is 5.82 Å². The minimum atomic E-state index is 0.352. The minimum Gasteiger partial charge on any atom is -0.388 e. The summed E-state index contributed by atoms with van der Waals surface area (Å²) in [7, 11) is 0. The Bertz CT molecular complexity index is 433. The van der Waals surface area contributed by atoms with Crippen LogP contribution in [0.25, 0.3) is 0 Å². The zero-order valence-electron chi connectivity index (χ0n) is 11.6. The highest BCUT2D eigenvalue weighted by Crippen LogP contribution is 2.30. The molecule has 2 atom stereocenters. The van der Waals surface area contributed by atoms with E-state index in [0.29, 0.717) is 10.7 Å². The van der Waals surface area contributed by atoms with E-state index in [-0.39, 0.29) is 0 Å². The summed E-state index contributed by atoms with van der Waals surface area (Å²) < 4.78 is 0. The average molecular weight is 277 g/mol. The summed E-state index contributed by atoms with van der Waals surface area (Å²) in [5.41, 5.74) is 6.27. The quantitative estimate of drug-likeness (QED) is 0.810. The zero-order valence-corrected chi connectivity index (χ0v) is 12.4. The molecule has 104 valence electrons. The van der Waals surface area contributed by atoms with E-state index >= 15 is 0 Å². The molecule has 19 heavy (non-hydrogen) atoms. The maximum Gasteiger partial charge on any atom is 0.126 e. The number of nitrogens with zero attached hydrogens (tertiary/aromatic N) is 1. The van der Waals surface area contributed by atoms with Crippen molar-refractivity contribution in [2.24, 2.45) is 17.6 Å². The van der Waals surface area contributed by atoms with Gasteiger partial charge < -0.3 is 11.1 Å². The number of nitrogens with two attached hydrogens (primary N) is 1. The first-order valence-corrected chi connectivity index (χ1v) is 7.56. The maximum atomic E-state index is 5.58. The Morgan fingerprint density at radius 2 is 2.32 bits per heavy atom. The third-order valence-corrected chi connectivity index (χ3v) is 4.11. The summed E-state index contributed by atoms with van der Waals surface area (Å²) in [4.78, 5) is 4.74. The molecule has 1 aromatic rings. The summed E-state index contributed by atoms with van der Waals surface area (Å²) >= 11 is 4.94. The first-order chi connectivity index (χ1) is 9.15. The molecular weight excluding hydrogens is 254 g/mol. The van der Waals surface area contributed by atoms with Crippen LogP contribution in [-0.2, 0) is 0 Å². The van der Waals surface area contributed by atoms with Crippen molar-refractivity contribution < 1.29 is 0 Å². The van der Waals surface area contributed by atoms with Crippen molar-refractivity contribution in [1.82, 2.24) is 4.98 Å². The van der Waals surface area contributed by atoms with E-state index in [2.05, 4.69) is 17.2 Å². The van der Waals surface area contributed by atoms with E-state index in [9.17, 15) is 0 Å². The normalized spacial score (nSPS) is 23.0. The zero-order chi connectivity index (χ0) is 13.7. The topological polar surface area (TPSA) is 50.9 Å². The third kappa shape index (κ3) is 4.46. The number of aromatic nitrogens is 1. The van der Waals surface area contributed by atoms with E-state index in [4.69, 9.17) is 18.0 Å². The Morgan fingerprint density at radius 3 is 3.05 bits per heavy atom. The van der Waals surface area contributed by atoms with Crippen molar-refractivity contribution in [3.63, 3.8) is 0 Å². The van der Waals surface area contributed by atoms with E-state index in [1.807, 2.05) is 18.2 Å². The molecule has 0 radical (unpaired) electrons. The molecule has 3 nitrogen and oxygen atoms in total. The lowest BCUT2D eigenvalue weighted by molar-refractivity contribution is 0.274. The largest absolute Gasteiger partial charge is 0.388 e. The fourth-order valence-electron chi connectivity index (χ4n) is 2.90. The van der Waals surface area contributed by atoms with Crippen LogP contribution in [0.5, 0.6) is 0 Å². The van der Waals surface area contributed by atoms with Crippen LogP contribution in [0.1, 0.15) is 44.7 Å². The number of nitrogens with one attached hydrogen (secondary N) is 1. The predicted octanol–water partition coefficient (Wildman–Crippen LogP) is 3.34. The average Bonchev–Trinajstić information content (AvgIpc) is 2.39. The molecule has 0 amide bonds. The van der Waals surface area contributed by atoms with Gasteiger partial charge in [0.15, 0.2) is 0 Å². The standard InChI is InChI=1S/C15H23N3S/c1-11-4-2-5-12(10-11)8-9-17-14-7-3-6-13(18-14)15(16)19/h3,6-7,11-12H,2,4-5,8-10H2,1H3,(H2,16,19)(H,17,18). The van der Waals surface area contributed by atoms with Gasteiger partial charge in [0.1, 0.15) is 10.8 Å². The fourth-order valence-corrected chi connectivity index (χ4v) is 3.01. The molecule has 0 saturated heterocycles. The van der Waals surface area contributed by atoms with E-state index in [1.54, 1.807) is 0 Å². The maximum absolute atomic E-state index is 5.58. The van der Waals surface area contributed by atoms with Gasteiger partial charge in [0, 0.05) is 6.54 Å². The van der Waals surface area contributed by atoms with Crippen LogP contribution >= 0.6 is 12.2 Å². The van der Waals surface area contributed by atoms with Gasteiger partial charge in [-0.25, -0.2) is 4.98 Å². The second kappa shape index (κ2) is 6.85. The fraction of sp³-hybridized carbons (Fsp3) is 0.600. The van der Waals surface area contributed by atoms with Crippen molar-refractivity contribution >= 4 is 23.0 Å². The summed E-state index contributed by atoms with van der Waals surface area (Å²) in [6, 6.07) is 5.74. The Morgan fingerprint density at radius 1 is 1.47 bits per heavy atom. The van der Waals surface area contributed by atoms with Crippen LogP contribution in [-0.4, -0.2) is 16.5 Å². The third-order valence-electron chi connectivity index (χ3n) is 3.91. The van der Waals surface area contributed by atoms with Gasteiger partial charge in [-0.2, -0.15) is 0 Å². The van der Waals surface area contributed by atoms with Gasteiger partial charge >= 0.3 is 0 Å². The molecule has 2 unspecified atom stereocenters. The summed E-state index contributed by atoms with van der Waals surface area (Å²) in [6.45, 7) is 3.35. The Hall–Kier alpha value is -1.16. The van der Waals surface area contributed by atoms with Crippen LogP contribution in [0.15, 0.2) is 18.2 Å². The van der Waals surface area contributed by atoms with Gasteiger partial charge in [-0.3, -0.25) is 0 Å². The molecule has 0 aromatic carbocycles. The summed E-state index contributed by atoms with van der Waals surface area (Å²) in [6.07, 6.45) is 6.78. The SMILES string of the molecule is CC1CCCC(CCNc2cccc(C(N)=S)n2)C1. The molecule has 0 aliphatic heterocycles. The van der Waals surface area contributed by atoms with Gasteiger partial charge in [-0.1, -0.05) is 44.5 Å². The van der Waals surface area contributed by atoms with Crippen LogP contribution in [0.2, 0.25) is 0 Å². The highest BCUT2D eigenvalue weighted by Gasteiger charge is 2.18. The second-order valence-electron chi connectivity index (χ2n) is 5.63. The van der Waals surface area contributed by atoms with E-state index in [0.717, 1.165) is 24.2 Å². The minimum absolute atomic E-state index is 0.352. The predicted molar refractivity (Wildman–Crippen MR) is 84.4 cm³/mol. The lowest BCUT2D eigenvalue weighted by Crippen LogP contribution is -2.17. The Balaban J connectivity index is 1.79. The molecule has 1 saturated carbocycles. The van der Waals surface area contributed by atoms with Gasteiger partial charge in [-0.15, -0.1) is 0 Å². The highest BCUT2D eigenvalue weighted by atomic mass is 32.1. The number of hydrogen-bond donors (Lipinski definition) is 2. The van der Waals surface area contributed by atoms with E-state index in [1.165, 1.54) is 32.1 Å². The number of rotatable bonds is 5. The number of pyridine rings is 1. The van der Waals surface area contributed by atoms with Gasteiger partial charge in [-0.05, 0) is 36.8 Å². The van der Waals surface area contributed by atoms with Crippen molar-refractivity contribution in [2.45, 2.75) is 39.0 Å². The number of thiocarbonyl (C=S) groups is 1. The lowest BCUT2D eigenvalue weighted by atomic mass is 9.81. The lowest BCUT2D eigenvalue weighted by Gasteiger charge is -2.26. The Labute approximate surface area is 121 Å². The van der Waals surface area contributed by atoms with Crippen LogP contribution in [0.3, 0.4) is 0 Å². The molecule has 1 aromatic heterocycles. The molecular formula is C15H23N3S. The molecule has 0 bridgehead atoms. The van der Waals surface area contributed by atoms with E-state index < -0.39 is 0 Å². The van der Waals surface area contributed by atoms with Crippen molar-refractivity contribution in [2.75, 3.05) is 11.9 Å². The first-order valence-electron chi connectivity index (χ1n) is 7.16. The van der Waals surface area contributed by atoms with Crippen LogP contribution < -0.4 is 11.1 Å². The van der Waals surface area contributed by atoms with Crippen LogP contribution in [0, 0.1) is 11.8 Å².